The van der Waals surface area contributed by atoms with Crippen LogP contribution in [0.2, 0.25) is 0 Å². The first kappa shape index (κ1) is 14.9. The molecule has 1 aromatic heterocycles. The van der Waals surface area contributed by atoms with Gasteiger partial charge in [-0.2, -0.15) is 0 Å². The molecule has 0 atom stereocenters. The van der Waals surface area contributed by atoms with E-state index in [-0.39, 0.29) is 0 Å². The average molecular weight is 291 g/mol. The van der Waals surface area contributed by atoms with E-state index < -0.39 is 0 Å². The largest absolute Gasteiger partial charge is 0.385 e. The molecule has 20 heavy (non-hydrogen) atoms. The van der Waals surface area contributed by atoms with Gasteiger partial charge in [0, 0.05) is 37.0 Å². The van der Waals surface area contributed by atoms with Crippen LogP contribution in [0.1, 0.15) is 12.1 Å². The molecule has 0 radical (unpaired) electrons. The van der Waals surface area contributed by atoms with Crippen LogP contribution in [0.15, 0.2) is 35.4 Å². The maximum Gasteiger partial charge on any atom is 0.207 e. The fourth-order valence-electron chi connectivity index (χ4n) is 2.03. The highest BCUT2D eigenvalue weighted by Crippen LogP contribution is 2.22. The molecule has 1 N–H and O–H groups in total. The van der Waals surface area contributed by atoms with E-state index in [2.05, 4.69) is 51.6 Å². The van der Waals surface area contributed by atoms with Crippen LogP contribution in [0.4, 0.5) is 11.6 Å². The third-order valence-corrected chi connectivity index (χ3v) is 3.70. The Morgan fingerprint density at radius 3 is 3.00 bits per heavy atom. The summed E-state index contributed by atoms with van der Waals surface area (Å²) in [6.45, 7) is 3.67. The van der Waals surface area contributed by atoms with Crippen LogP contribution < -0.4 is 5.32 Å². The zero-order valence-corrected chi connectivity index (χ0v) is 13.0. The van der Waals surface area contributed by atoms with Crippen molar-refractivity contribution < 1.29 is 4.74 Å². The van der Waals surface area contributed by atoms with Crippen LogP contribution in [-0.4, -0.2) is 29.5 Å². The highest BCUT2D eigenvalue weighted by atomic mass is 32.2. The lowest BCUT2D eigenvalue weighted by Crippen LogP contribution is -2.05. The van der Waals surface area contributed by atoms with Crippen molar-refractivity contribution in [1.82, 2.24) is 9.55 Å². The quantitative estimate of drug-likeness (QED) is 0.624. The molecule has 0 saturated carbocycles. The van der Waals surface area contributed by atoms with Gasteiger partial charge in [-0.1, -0.05) is 6.07 Å². The van der Waals surface area contributed by atoms with E-state index >= 15 is 0 Å². The monoisotopic (exact) mass is 291 g/mol. The summed E-state index contributed by atoms with van der Waals surface area (Å²) < 4.78 is 7.24. The van der Waals surface area contributed by atoms with Crippen LogP contribution in [0.25, 0.3) is 0 Å². The normalized spacial score (nSPS) is 10.8. The van der Waals surface area contributed by atoms with E-state index in [1.807, 2.05) is 6.92 Å². The van der Waals surface area contributed by atoms with Crippen LogP contribution in [0.5, 0.6) is 0 Å². The van der Waals surface area contributed by atoms with Gasteiger partial charge in [-0.05, 0) is 37.8 Å². The molecule has 0 aliphatic heterocycles. The van der Waals surface area contributed by atoms with Gasteiger partial charge in [0.25, 0.3) is 0 Å². The summed E-state index contributed by atoms with van der Waals surface area (Å²) in [5.74, 6) is 0.886. The standard InChI is InChI=1S/C15H21N3OS/c1-12-11-18(8-5-9-19-2)15(16-12)17-13-6-4-7-14(10-13)20-3/h4,6-7,10-11H,5,8-9H2,1-3H3,(H,16,17). The molecule has 0 aliphatic rings. The Hall–Kier alpha value is -1.46. The maximum atomic E-state index is 5.10. The Kier molecular flexibility index (Phi) is 5.49. The number of rotatable bonds is 7. The average Bonchev–Trinajstić information content (AvgIpc) is 2.79. The maximum absolute atomic E-state index is 5.10. The molecule has 0 amide bonds. The lowest BCUT2D eigenvalue weighted by atomic mass is 10.3. The number of nitrogens with one attached hydrogen (secondary N) is 1. The van der Waals surface area contributed by atoms with Crippen LogP contribution in [-0.2, 0) is 11.3 Å². The Morgan fingerprint density at radius 1 is 1.40 bits per heavy atom. The minimum absolute atomic E-state index is 0.763. The smallest absolute Gasteiger partial charge is 0.207 e. The van der Waals surface area contributed by atoms with Crippen molar-refractivity contribution in [2.45, 2.75) is 24.8 Å². The summed E-state index contributed by atoms with van der Waals surface area (Å²) in [7, 11) is 1.73. The van der Waals surface area contributed by atoms with E-state index in [0.717, 1.165) is 36.9 Å². The fraction of sp³-hybridized carbons (Fsp3) is 0.400. The van der Waals surface area contributed by atoms with Gasteiger partial charge >= 0.3 is 0 Å². The topological polar surface area (TPSA) is 39.1 Å². The summed E-state index contributed by atoms with van der Waals surface area (Å²) in [6, 6.07) is 8.35. The van der Waals surface area contributed by atoms with E-state index in [1.165, 1.54) is 4.90 Å². The lowest BCUT2D eigenvalue weighted by Gasteiger charge is -2.10. The molecule has 4 nitrogen and oxygen atoms in total. The first-order valence-electron chi connectivity index (χ1n) is 6.66. The first-order valence-corrected chi connectivity index (χ1v) is 7.89. The number of aromatic nitrogens is 2. The van der Waals surface area contributed by atoms with E-state index in [9.17, 15) is 0 Å². The zero-order valence-electron chi connectivity index (χ0n) is 12.2. The third-order valence-electron chi connectivity index (χ3n) is 2.97. The van der Waals surface area contributed by atoms with Gasteiger partial charge < -0.3 is 14.6 Å². The number of thioether (sulfide) groups is 1. The highest BCUT2D eigenvalue weighted by molar-refractivity contribution is 7.98. The van der Waals surface area contributed by atoms with Gasteiger partial charge in [0.1, 0.15) is 0 Å². The summed E-state index contributed by atoms with van der Waals surface area (Å²) in [6.07, 6.45) is 5.12. The van der Waals surface area contributed by atoms with Crippen LogP contribution in [0.3, 0.4) is 0 Å². The summed E-state index contributed by atoms with van der Waals surface area (Å²) in [5, 5.41) is 3.39. The minimum atomic E-state index is 0.763. The summed E-state index contributed by atoms with van der Waals surface area (Å²) in [4.78, 5) is 5.78. The molecular formula is C15H21N3OS. The van der Waals surface area contributed by atoms with E-state index in [1.54, 1.807) is 18.9 Å². The van der Waals surface area contributed by atoms with Crippen LogP contribution >= 0.6 is 11.8 Å². The zero-order chi connectivity index (χ0) is 14.4. The Bertz CT molecular complexity index is 554. The fourth-order valence-corrected chi connectivity index (χ4v) is 2.49. The molecule has 0 saturated heterocycles. The van der Waals surface area contributed by atoms with Crippen molar-refractivity contribution in [2.24, 2.45) is 0 Å². The molecule has 2 rings (SSSR count). The molecule has 2 aromatic rings. The molecule has 5 heteroatoms. The molecule has 0 aliphatic carbocycles. The molecule has 1 heterocycles. The number of nitrogens with zero attached hydrogens (tertiary/aromatic N) is 2. The van der Waals surface area contributed by atoms with Gasteiger partial charge in [0.2, 0.25) is 5.95 Å². The van der Waals surface area contributed by atoms with Gasteiger partial charge in [-0.25, -0.2) is 4.98 Å². The number of ether oxygens (including phenoxy) is 1. The van der Waals surface area contributed by atoms with Gasteiger partial charge in [0.05, 0.1) is 5.69 Å². The molecule has 108 valence electrons. The number of methoxy groups -OCH3 is 1. The number of hydrogen-bond acceptors (Lipinski definition) is 4. The molecule has 0 spiro atoms. The molecular weight excluding hydrogens is 270 g/mol. The number of aryl methyl sites for hydroxylation is 2. The minimum Gasteiger partial charge on any atom is -0.385 e. The second-order valence-electron chi connectivity index (χ2n) is 4.60. The number of benzene rings is 1. The van der Waals surface area contributed by atoms with Crippen molar-refractivity contribution >= 4 is 23.4 Å². The van der Waals surface area contributed by atoms with Gasteiger partial charge in [-0.15, -0.1) is 11.8 Å². The first-order chi connectivity index (χ1) is 9.72. The predicted molar refractivity (Wildman–Crippen MR) is 85.0 cm³/mol. The highest BCUT2D eigenvalue weighted by Gasteiger charge is 2.06. The van der Waals surface area contributed by atoms with Gasteiger partial charge in [0.15, 0.2) is 0 Å². The molecule has 0 unspecified atom stereocenters. The Morgan fingerprint density at radius 2 is 2.25 bits per heavy atom. The summed E-state index contributed by atoms with van der Waals surface area (Å²) in [5.41, 5.74) is 2.08. The number of anilines is 2. The third kappa shape index (κ3) is 4.02. The number of hydrogen-bond donors (Lipinski definition) is 1. The van der Waals surface area contributed by atoms with E-state index in [4.69, 9.17) is 4.74 Å². The SMILES string of the molecule is COCCCn1cc(C)nc1Nc1cccc(SC)c1. The van der Waals surface area contributed by atoms with Gasteiger partial charge in [-0.3, -0.25) is 0 Å². The van der Waals surface area contributed by atoms with Crippen molar-refractivity contribution in [2.75, 3.05) is 25.3 Å². The van der Waals surface area contributed by atoms with E-state index in [0.29, 0.717) is 0 Å². The number of imidazole rings is 1. The summed E-state index contributed by atoms with van der Waals surface area (Å²) >= 11 is 1.74. The van der Waals surface area contributed by atoms with Crippen molar-refractivity contribution in [3.63, 3.8) is 0 Å². The second-order valence-corrected chi connectivity index (χ2v) is 5.48. The van der Waals surface area contributed by atoms with Crippen LogP contribution in [0, 0.1) is 6.92 Å². The Balaban J connectivity index is 2.11. The molecule has 1 aromatic carbocycles. The predicted octanol–water partition coefficient (Wildman–Crippen LogP) is 3.69. The van der Waals surface area contributed by atoms with Crippen molar-refractivity contribution in [3.05, 3.63) is 36.2 Å². The Labute approximate surface area is 124 Å². The van der Waals surface area contributed by atoms with Crippen molar-refractivity contribution in [1.29, 1.82) is 0 Å². The second kappa shape index (κ2) is 7.36. The van der Waals surface area contributed by atoms with Crippen molar-refractivity contribution in [3.8, 4) is 0 Å². The molecule has 0 bridgehead atoms. The molecule has 0 fully saturated rings. The lowest BCUT2D eigenvalue weighted by molar-refractivity contribution is 0.190.